The number of fused-ring (bicyclic) bond motifs is 1. The normalized spacial score (nSPS) is 35.3. The number of rotatable bonds is 2. The Hall–Kier alpha value is 0.620. The van der Waals surface area contributed by atoms with Gasteiger partial charge in [-0.2, -0.15) is 0 Å². The summed E-state index contributed by atoms with van der Waals surface area (Å²) < 4.78 is 2.15. The van der Waals surface area contributed by atoms with Gasteiger partial charge in [0.05, 0.1) is 9.89 Å². The van der Waals surface area contributed by atoms with Crippen LogP contribution in [0.25, 0.3) is 0 Å². The van der Waals surface area contributed by atoms with Gasteiger partial charge in [0.1, 0.15) is 0 Å². The molecule has 2 aliphatic rings. The molecular formula is C11H12Br2OS. The predicted octanol–water partition coefficient (Wildman–Crippen LogP) is 4.35. The summed E-state index contributed by atoms with van der Waals surface area (Å²) in [6, 6.07) is 2.05. The quantitative estimate of drug-likeness (QED) is 0.839. The van der Waals surface area contributed by atoms with Crippen molar-refractivity contribution in [3.63, 3.8) is 0 Å². The molecule has 0 bridgehead atoms. The summed E-state index contributed by atoms with van der Waals surface area (Å²) in [5.41, 5.74) is 0. The van der Waals surface area contributed by atoms with Crippen molar-refractivity contribution in [2.24, 2.45) is 17.8 Å². The van der Waals surface area contributed by atoms with Crippen LogP contribution in [0.4, 0.5) is 0 Å². The minimum atomic E-state index is -0.229. The molecule has 15 heavy (non-hydrogen) atoms. The summed E-state index contributed by atoms with van der Waals surface area (Å²) in [6.07, 6.45) is 3.81. The van der Waals surface area contributed by atoms with Crippen LogP contribution in [0.15, 0.2) is 14.3 Å². The third kappa shape index (κ3) is 1.74. The van der Waals surface area contributed by atoms with E-state index in [-0.39, 0.29) is 6.10 Å². The van der Waals surface area contributed by atoms with Gasteiger partial charge in [-0.15, -0.1) is 11.3 Å². The lowest BCUT2D eigenvalue weighted by Gasteiger charge is -2.09. The van der Waals surface area contributed by atoms with Crippen LogP contribution in [0.2, 0.25) is 0 Å². The maximum atomic E-state index is 10.3. The van der Waals surface area contributed by atoms with Crippen molar-refractivity contribution < 1.29 is 5.11 Å². The van der Waals surface area contributed by atoms with E-state index < -0.39 is 0 Å². The first-order chi connectivity index (χ1) is 7.18. The van der Waals surface area contributed by atoms with Crippen LogP contribution in [-0.2, 0) is 0 Å². The minimum Gasteiger partial charge on any atom is -0.387 e. The van der Waals surface area contributed by atoms with Crippen LogP contribution >= 0.6 is 43.2 Å². The molecule has 3 atom stereocenters. The molecule has 0 amide bonds. The van der Waals surface area contributed by atoms with Crippen molar-refractivity contribution in [2.45, 2.75) is 25.4 Å². The first-order valence-electron chi connectivity index (χ1n) is 5.31. The Balaban J connectivity index is 1.77. The van der Waals surface area contributed by atoms with Crippen LogP contribution in [0.5, 0.6) is 0 Å². The van der Waals surface area contributed by atoms with Crippen molar-refractivity contribution in [2.75, 3.05) is 0 Å². The Morgan fingerprint density at radius 3 is 2.53 bits per heavy atom. The molecule has 0 aliphatic heterocycles. The highest BCUT2D eigenvalue weighted by molar-refractivity contribution is 9.13. The van der Waals surface area contributed by atoms with Gasteiger partial charge in [-0.1, -0.05) is 6.42 Å². The average molecular weight is 352 g/mol. The number of aliphatic hydroxyl groups is 1. The maximum Gasteiger partial charge on any atom is 0.0916 e. The van der Waals surface area contributed by atoms with Crippen LogP contribution in [-0.4, -0.2) is 5.11 Å². The summed E-state index contributed by atoms with van der Waals surface area (Å²) in [5, 5.41) is 10.3. The molecule has 0 radical (unpaired) electrons. The molecule has 0 spiro atoms. The Morgan fingerprint density at radius 2 is 2.00 bits per heavy atom. The first-order valence-corrected chi connectivity index (χ1v) is 7.71. The Morgan fingerprint density at radius 1 is 1.33 bits per heavy atom. The van der Waals surface area contributed by atoms with E-state index in [4.69, 9.17) is 0 Å². The molecule has 1 aromatic rings. The fraction of sp³-hybridized carbons (Fsp3) is 0.636. The van der Waals surface area contributed by atoms with Gasteiger partial charge in [-0.3, -0.25) is 0 Å². The van der Waals surface area contributed by atoms with Crippen molar-refractivity contribution >= 4 is 43.2 Å². The summed E-state index contributed by atoms with van der Waals surface area (Å²) in [4.78, 5) is 1.10. The highest BCUT2D eigenvalue weighted by Gasteiger charge is 2.56. The van der Waals surface area contributed by atoms with Gasteiger partial charge >= 0.3 is 0 Å². The topological polar surface area (TPSA) is 20.2 Å². The molecule has 3 unspecified atom stereocenters. The molecule has 1 nitrogen and oxygen atoms in total. The van der Waals surface area contributed by atoms with Crippen LogP contribution in [0.1, 0.15) is 30.2 Å². The van der Waals surface area contributed by atoms with Crippen LogP contribution < -0.4 is 0 Å². The standard InChI is InChI=1S/C11H12Br2OS/c12-7-4-8(15-11(7)13)10(14)9-5-2-1-3-6(5)9/h4-6,9-10,14H,1-3H2. The second kappa shape index (κ2) is 3.83. The van der Waals surface area contributed by atoms with Gasteiger partial charge < -0.3 is 5.11 Å². The van der Waals surface area contributed by atoms with Crippen molar-refractivity contribution in [1.29, 1.82) is 0 Å². The largest absolute Gasteiger partial charge is 0.387 e. The Kier molecular flexibility index (Phi) is 2.74. The molecule has 1 aromatic heterocycles. The van der Waals surface area contributed by atoms with E-state index in [2.05, 4.69) is 31.9 Å². The van der Waals surface area contributed by atoms with Crippen LogP contribution in [0, 0.1) is 17.8 Å². The zero-order valence-corrected chi connectivity index (χ0v) is 12.1. The van der Waals surface area contributed by atoms with Crippen LogP contribution in [0.3, 0.4) is 0 Å². The van der Waals surface area contributed by atoms with Gasteiger partial charge in [-0.05, 0) is 68.5 Å². The van der Waals surface area contributed by atoms with E-state index in [1.54, 1.807) is 11.3 Å². The fourth-order valence-corrected chi connectivity index (χ4v) is 5.18. The molecule has 82 valence electrons. The zero-order valence-electron chi connectivity index (χ0n) is 8.12. The molecule has 2 aliphatic carbocycles. The van der Waals surface area contributed by atoms with Gasteiger partial charge in [0.2, 0.25) is 0 Å². The summed E-state index contributed by atoms with van der Waals surface area (Å²) >= 11 is 8.59. The smallest absolute Gasteiger partial charge is 0.0916 e. The van der Waals surface area contributed by atoms with Crippen molar-refractivity contribution in [1.82, 2.24) is 0 Å². The van der Waals surface area contributed by atoms with Gasteiger partial charge in [0, 0.05) is 9.35 Å². The molecule has 1 heterocycles. The van der Waals surface area contributed by atoms with Gasteiger partial charge in [0.15, 0.2) is 0 Å². The highest BCUT2D eigenvalue weighted by atomic mass is 79.9. The van der Waals surface area contributed by atoms with E-state index >= 15 is 0 Å². The third-order valence-electron chi connectivity index (χ3n) is 3.79. The number of aliphatic hydroxyl groups excluding tert-OH is 1. The zero-order chi connectivity index (χ0) is 10.6. The number of thiophene rings is 1. The molecule has 4 heteroatoms. The lowest BCUT2D eigenvalue weighted by atomic mass is 10.1. The first kappa shape index (κ1) is 10.8. The molecule has 0 aromatic carbocycles. The fourth-order valence-electron chi connectivity index (χ4n) is 3.04. The van der Waals surface area contributed by atoms with Crippen molar-refractivity contribution in [3.05, 3.63) is 19.2 Å². The molecular weight excluding hydrogens is 340 g/mol. The monoisotopic (exact) mass is 350 g/mol. The SMILES string of the molecule is OC(c1cc(Br)c(Br)s1)C1C2CCCC21. The summed E-state index contributed by atoms with van der Waals surface area (Å²) in [7, 11) is 0. The van der Waals surface area contributed by atoms with E-state index in [1.165, 1.54) is 19.3 Å². The molecule has 0 saturated heterocycles. The predicted molar refractivity (Wildman–Crippen MR) is 69.0 cm³/mol. The number of halogens is 2. The summed E-state index contributed by atoms with van der Waals surface area (Å²) in [6.45, 7) is 0. The molecule has 1 N–H and O–H groups in total. The lowest BCUT2D eigenvalue weighted by molar-refractivity contribution is 0.140. The number of hydrogen-bond acceptors (Lipinski definition) is 2. The number of hydrogen-bond donors (Lipinski definition) is 1. The third-order valence-corrected chi connectivity index (χ3v) is 7.12. The maximum absolute atomic E-state index is 10.3. The molecule has 2 fully saturated rings. The lowest BCUT2D eigenvalue weighted by Crippen LogP contribution is -2.02. The molecule has 2 saturated carbocycles. The second-order valence-electron chi connectivity index (χ2n) is 4.55. The highest BCUT2D eigenvalue weighted by Crippen LogP contribution is 2.62. The van der Waals surface area contributed by atoms with E-state index in [1.807, 2.05) is 6.07 Å². The van der Waals surface area contributed by atoms with Crippen molar-refractivity contribution in [3.8, 4) is 0 Å². The van der Waals surface area contributed by atoms with E-state index in [0.717, 1.165) is 25.0 Å². The Labute approximate surface area is 110 Å². The van der Waals surface area contributed by atoms with Gasteiger partial charge in [0.25, 0.3) is 0 Å². The minimum absolute atomic E-state index is 0.229. The second-order valence-corrected chi connectivity index (χ2v) is 7.81. The average Bonchev–Trinajstić information content (AvgIpc) is 2.59. The van der Waals surface area contributed by atoms with E-state index in [9.17, 15) is 5.11 Å². The Bertz CT molecular complexity index is 360. The van der Waals surface area contributed by atoms with Gasteiger partial charge in [-0.25, -0.2) is 0 Å². The van der Waals surface area contributed by atoms with E-state index in [0.29, 0.717) is 5.92 Å². The summed E-state index contributed by atoms with van der Waals surface area (Å²) in [5.74, 6) is 2.19. The molecule has 3 rings (SSSR count).